The Morgan fingerprint density at radius 3 is 0.838 bits per heavy atom. The number of aryl methyl sites for hydroxylation is 4. The Bertz CT molecular complexity index is 915. The molecule has 2 rings (SSSR count). The van der Waals surface area contributed by atoms with Crippen LogP contribution in [-0.4, -0.2) is 38.9 Å². The summed E-state index contributed by atoms with van der Waals surface area (Å²) < 4.78 is 0. The molecule has 0 bridgehead atoms. The lowest BCUT2D eigenvalue weighted by atomic mass is 9.21. The van der Waals surface area contributed by atoms with E-state index in [1.165, 1.54) is 34.4 Å². The van der Waals surface area contributed by atoms with Crippen molar-refractivity contribution in [2.75, 3.05) is 12.1 Å². The van der Waals surface area contributed by atoms with Crippen molar-refractivity contribution in [3.05, 3.63) is 58.7 Å². The van der Waals surface area contributed by atoms with Gasteiger partial charge in [0.2, 0.25) is 0 Å². The molecular formula is C34H58BP2-. The first-order chi connectivity index (χ1) is 16.5. The van der Waals surface area contributed by atoms with Crippen LogP contribution in [0.1, 0.15) is 105 Å². The van der Waals surface area contributed by atoms with Crippen molar-refractivity contribution in [2.45, 2.75) is 131 Å². The van der Waals surface area contributed by atoms with Crippen molar-refractivity contribution in [1.29, 1.82) is 0 Å². The molecule has 0 atom stereocenters. The minimum atomic E-state index is -0.993. The van der Waals surface area contributed by atoms with Gasteiger partial charge in [-0.3, -0.25) is 0 Å². The molecule has 0 saturated heterocycles. The first kappa shape index (κ1) is 32.6. The lowest BCUT2D eigenvalue weighted by Gasteiger charge is -2.56. The summed E-state index contributed by atoms with van der Waals surface area (Å²) >= 11 is 0. The summed E-state index contributed by atoms with van der Waals surface area (Å²) in [6, 6.07) is 17.5. The van der Waals surface area contributed by atoms with Gasteiger partial charge in [-0.1, -0.05) is 142 Å². The van der Waals surface area contributed by atoms with Crippen LogP contribution in [0, 0.1) is 27.7 Å². The second kappa shape index (κ2) is 11.1. The maximum atomic E-state index is 2.56. The Morgan fingerprint density at radius 2 is 0.649 bits per heavy atom. The number of hydrogen-bond donors (Lipinski definition) is 0. The van der Waals surface area contributed by atoms with Gasteiger partial charge < -0.3 is 0 Å². The molecule has 0 fully saturated rings. The van der Waals surface area contributed by atoms with Crippen molar-refractivity contribution in [3.8, 4) is 0 Å². The van der Waals surface area contributed by atoms with Crippen LogP contribution in [0.4, 0.5) is 0 Å². The first-order valence-corrected chi connectivity index (χ1v) is 17.4. The van der Waals surface area contributed by atoms with E-state index in [0.29, 0.717) is 0 Å². The Labute approximate surface area is 234 Å². The predicted molar refractivity (Wildman–Crippen MR) is 179 cm³/mol. The van der Waals surface area contributed by atoms with Crippen molar-refractivity contribution >= 4 is 32.9 Å². The summed E-state index contributed by atoms with van der Waals surface area (Å²) in [4.78, 5) is 0. The number of benzene rings is 2. The fourth-order valence-corrected chi connectivity index (χ4v) is 15.8. The average Bonchev–Trinajstić information content (AvgIpc) is 2.62. The van der Waals surface area contributed by atoms with E-state index < -0.39 is 6.15 Å². The summed E-state index contributed by atoms with van der Waals surface area (Å²) in [5.74, 6) is 0. The van der Waals surface area contributed by atoms with Crippen LogP contribution in [0.5, 0.6) is 0 Å². The monoisotopic (exact) mass is 539 g/mol. The number of rotatable bonds is 6. The van der Waals surface area contributed by atoms with Gasteiger partial charge in [-0.05, 0) is 48.3 Å². The van der Waals surface area contributed by atoms with Crippen molar-refractivity contribution in [2.24, 2.45) is 0 Å². The maximum Gasteiger partial charge on any atom is 0.0632 e. The van der Waals surface area contributed by atoms with Gasteiger partial charge in [0.15, 0.2) is 0 Å². The SMILES string of the molecule is Cc1cc(C)cc([B-](CP(C(C)(C)C)C(C)(C)C)(CP(C(C)(C)C)C(C)(C)C)c2cc(C)cc(C)c2)c1. The molecule has 0 aromatic heterocycles. The highest BCUT2D eigenvalue weighted by atomic mass is 31.1. The second-order valence-electron chi connectivity index (χ2n) is 16.0. The summed E-state index contributed by atoms with van der Waals surface area (Å²) in [5.41, 5.74) is 8.80. The molecule has 0 aliphatic heterocycles. The Balaban J connectivity index is 3.09. The maximum absolute atomic E-state index is 2.56. The summed E-state index contributed by atoms with van der Waals surface area (Å²) in [6.07, 6.45) is -0.993. The van der Waals surface area contributed by atoms with Crippen LogP contribution in [0.3, 0.4) is 0 Å². The van der Waals surface area contributed by atoms with Gasteiger partial charge in [-0.2, -0.15) is 0 Å². The van der Waals surface area contributed by atoms with Crippen LogP contribution >= 0.6 is 15.8 Å². The minimum absolute atomic E-state index is 0.281. The van der Waals surface area contributed by atoms with Crippen LogP contribution in [0.2, 0.25) is 0 Å². The molecule has 0 saturated carbocycles. The molecule has 0 spiro atoms. The highest BCUT2D eigenvalue weighted by Crippen LogP contribution is 2.64. The third kappa shape index (κ3) is 8.18. The number of hydrogen-bond acceptors (Lipinski definition) is 0. The lowest BCUT2D eigenvalue weighted by Crippen LogP contribution is -2.66. The fraction of sp³-hybridized carbons (Fsp3) is 0.647. The van der Waals surface area contributed by atoms with Gasteiger partial charge in [0, 0.05) is 0 Å². The van der Waals surface area contributed by atoms with E-state index in [9.17, 15) is 0 Å². The van der Waals surface area contributed by atoms with Crippen LogP contribution in [-0.2, 0) is 0 Å². The Morgan fingerprint density at radius 1 is 0.432 bits per heavy atom. The molecule has 0 aliphatic carbocycles. The molecule has 37 heavy (non-hydrogen) atoms. The highest BCUT2D eigenvalue weighted by Gasteiger charge is 2.44. The summed E-state index contributed by atoms with van der Waals surface area (Å²) in [6.45, 7) is 39.2. The van der Waals surface area contributed by atoms with E-state index in [1.54, 1.807) is 10.9 Å². The zero-order chi connectivity index (χ0) is 28.8. The quantitative estimate of drug-likeness (QED) is 0.253. The molecular weight excluding hydrogens is 481 g/mol. The molecule has 2 aromatic carbocycles. The van der Waals surface area contributed by atoms with Gasteiger partial charge in [-0.15, -0.1) is 28.0 Å². The average molecular weight is 540 g/mol. The van der Waals surface area contributed by atoms with Crippen LogP contribution < -0.4 is 10.9 Å². The van der Waals surface area contributed by atoms with Gasteiger partial charge >= 0.3 is 0 Å². The molecule has 2 aromatic rings. The molecule has 3 heteroatoms. The van der Waals surface area contributed by atoms with E-state index in [4.69, 9.17) is 0 Å². The van der Waals surface area contributed by atoms with Gasteiger partial charge in [0.05, 0.1) is 6.15 Å². The largest absolute Gasteiger partial charge is 0.203 e. The van der Waals surface area contributed by atoms with Gasteiger partial charge in [-0.25, -0.2) is 10.9 Å². The fourth-order valence-electron chi connectivity index (χ4n) is 7.06. The lowest BCUT2D eigenvalue weighted by molar-refractivity contribution is 0.707. The standard InChI is InChI=1S/C34H58BP2/c1-25-17-26(2)20-29(19-25)35(30-21-27(3)18-28(4)22-30,23-36(31(5,6)7)32(8,9)10)24-37(33(11,12)13)34(14,15)16/h17-22H,23-24H2,1-16H3/q-1. The minimum Gasteiger partial charge on any atom is -0.203 e. The molecule has 208 valence electrons. The van der Waals surface area contributed by atoms with Crippen LogP contribution in [0.25, 0.3) is 0 Å². The molecule has 0 nitrogen and oxygen atoms in total. The predicted octanol–water partition coefficient (Wildman–Crippen LogP) is 9.72. The van der Waals surface area contributed by atoms with Crippen molar-refractivity contribution < 1.29 is 0 Å². The third-order valence-corrected chi connectivity index (χ3v) is 16.4. The van der Waals surface area contributed by atoms with E-state index in [1.807, 2.05) is 0 Å². The molecule has 0 amide bonds. The highest BCUT2D eigenvalue weighted by molar-refractivity contribution is 7.68. The van der Waals surface area contributed by atoms with Gasteiger partial charge in [0.25, 0.3) is 0 Å². The smallest absolute Gasteiger partial charge is 0.0632 e. The second-order valence-corrected chi connectivity index (χ2v) is 23.8. The zero-order valence-electron chi connectivity index (χ0n) is 27.4. The summed E-state index contributed by atoms with van der Waals surface area (Å²) in [5, 5.41) is 1.13. The van der Waals surface area contributed by atoms with E-state index in [-0.39, 0.29) is 36.5 Å². The molecule has 0 unspecified atom stereocenters. The molecule has 0 aliphatic rings. The van der Waals surface area contributed by atoms with Crippen molar-refractivity contribution in [1.82, 2.24) is 0 Å². The zero-order valence-corrected chi connectivity index (χ0v) is 29.1. The molecule has 0 heterocycles. The Kier molecular flexibility index (Phi) is 9.76. The third-order valence-electron chi connectivity index (χ3n) is 7.99. The molecule has 0 radical (unpaired) electrons. The van der Waals surface area contributed by atoms with Crippen molar-refractivity contribution in [3.63, 3.8) is 0 Å². The van der Waals surface area contributed by atoms with E-state index in [0.717, 1.165) is 0 Å². The van der Waals surface area contributed by atoms with E-state index >= 15 is 0 Å². The Hall–Kier alpha value is -0.635. The molecule has 0 N–H and O–H groups in total. The normalized spacial score (nSPS) is 14.1. The van der Waals surface area contributed by atoms with Gasteiger partial charge in [0.1, 0.15) is 0 Å². The van der Waals surface area contributed by atoms with Crippen LogP contribution in [0.15, 0.2) is 36.4 Å². The summed E-state index contributed by atoms with van der Waals surface area (Å²) in [7, 11) is -0.561. The van der Waals surface area contributed by atoms with E-state index in [2.05, 4.69) is 147 Å². The first-order valence-electron chi connectivity index (χ1n) is 14.4. The topological polar surface area (TPSA) is 0 Å².